The van der Waals surface area contributed by atoms with Gasteiger partial charge < -0.3 is 15.7 Å². The van der Waals surface area contributed by atoms with Gasteiger partial charge in [0, 0.05) is 28.9 Å². The fraction of sp³-hybridized carbons (Fsp3) is 0.778. The molecule has 19 heavy (non-hydrogen) atoms. The Bertz CT molecular complexity index is 375. The van der Waals surface area contributed by atoms with Gasteiger partial charge in [0.05, 0.1) is 0 Å². The topological polar surface area (TPSA) is 95.5 Å². The van der Waals surface area contributed by atoms with Crippen LogP contribution in [0.15, 0.2) is 0 Å². The molecule has 112 valence electrons. The Balaban J connectivity index is 4.51. The highest BCUT2D eigenvalue weighted by molar-refractivity contribution is 7.84. The van der Waals surface area contributed by atoms with Crippen LogP contribution in [-0.2, 0) is 15.6 Å². The second kappa shape index (κ2) is 6.73. The van der Waals surface area contributed by atoms with E-state index in [9.17, 15) is 27.0 Å². The average Bonchev–Trinajstić information content (AvgIpc) is 2.26. The normalized spacial score (nSPS) is 16.3. The third-order valence-electron chi connectivity index (χ3n) is 2.30. The quantitative estimate of drug-likeness (QED) is 0.664. The minimum absolute atomic E-state index is 0.0831. The van der Waals surface area contributed by atoms with Crippen molar-refractivity contribution in [3.05, 3.63) is 0 Å². The monoisotopic (exact) mass is 304 g/mol. The van der Waals surface area contributed by atoms with Gasteiger partial charge in [-0.05, 0) is 6.92 Å². The molecule has 10 heteroatoms. The molecule has 0 bridgehead atoms. The lowest BCUT2D eigenvalue weighted by molar-refractivity contribution is -0.203. The minimum Gasteiger partial charge on any atom is -0.479 e. The number of carbonyl (C=O) groups excluding carboxylic acids is 1. The van der Waals surface area contributed by atoms with Crippen LogP contribution >= 0.6 is 0 Å². The summed E-state index contributed by atoms with van der Waals surface area (Å²) >= 11 is 0. The molecule has 0 aliphatic carbocycles. The maximum Gasteiger partial charge on any atom is 0.422 e. The van der Waals surface area contributed by atoms with Gasteiger partial charge in [0.15, 0.2) is 0 Å². The van der Waals surface area contributed by atoms with Crippen LogP contribution < -0.4 is 10.6 Å². The first-order chi connectivity index (χ1) is 8.54. The van der Waals surface area contributed by atoms with Crippen molar-refractivity contribution in [2.45, 2.75) is 25.6 Å². The summed E-state index contributed by atoms with van der Waals surface area (Å²) in [6.07, 6.45) is -5.14. The summed E-state index contributed by atoms with van der Waals surface area (Å²) in [5.41, 5.74) is -3.37. The lowest BCUT2D eigenvalue weighted by Gasteiger charge is -2.28. The van der Waals surface area contributed by atoms with Crippen LogP contribution in [0, 0.1) is 0 Å². The van der Waals surface area contributed by atoms with Crippen LogP contribution in [0.4, 0.5) is 18.0 Å². The van der Waals surface area contributed by atoms with Crippen LogP contribution in [0.1, 0.15) is 13.8 Å². The van der Waals surface area contributed by atoms with E-state index in [-0.39, 0.29) is 12.3 Å². The van der Waals surface area contributed by atoms with Gasteiger partial charge in [-0.3, -0.25) is 4.21 Å². The smallest absolute Gasteiger partial charge is 0.422 e. The highest BCUT2D eigenvalue weighted by Gasteiger charge is 2.58. The molecule has 0 aromatic rings. The van der Waals surface area contributed by atoms with E-state index in [0.717, 1.165) is 0 Å². The van der Waals surface area contributed by atoms with E-state index in [1.165, 1.54) is 5.32 Å². The van der Waals surface area contributed by atoms with E-state index in [4.69, 9.17) is 5.11 Å². The molecule has 0 aliphatic rings. The van der Waals surface area contributed by atoms with Crippen molar-refractivity contribution in [2.75, 3.05) is 18.1 Å². The first kappa shape index (κ1) is 17.7. The summed E-state index contributed by atoms with van der Waals surface area (Å²) in [6, 6.07) is -1.28. The Hall–Kier alpha value is -1.32. The van der Waals surface area contributed by atoms with Crippen LogP contribution in [-0.4, -0.2) is 51.1 Å². The van der Waals surface area contributed by atoms with Crippen LogP contribution in [0.2, 0.25) is 0 Å². The molecule has 0 radical (unpaired) electrons. The molecule has 0 saturated heterocycles. The van der Waals surface area contributed by atoms with Gasteiger partial charge in [-0.2, -0.15) is 13.2 Å². The minimum atomic E-state index is -5.14. The molecule has 2 atom stereocenters. The molecule has 0 aliphatic heterocycles. The predicted octanol–water partition coefficient (Wildman–Crippen LogP) is 0.460. The number of nitrogens with one attached hydrogen (secondary N) is 2. The fourth-order valence-corrected chi connectivity index (χ4v) is 1.56. The van der Waals surface area contributed by atoms with E-state index in [1.807, 2.05) is 5.32 Å². The van der Waals surface area contributed by atoms with Crippen molar-refractivity contribution in [3.8, 4) is 0 Å². The average molecular weight is 304 g/mol. The number of rotatable bonds is 6. The summed E-state index contributed by atoms with van der Waals surface area (Å²) in [5.74, 6) is -1.77. The highest BCUT2D eigenvalue weighted by Crippen LogP contribution is 2.30. The van der Waals surface area contributed by atoms with Gasteiger partial charge in [-0.25, -0.2) is 9.59 Å². The summed E-state index contributed by atoms with van der Waals surface area (Å²) in [6.45, 7) is 1.89. The fourth-order valence-electron chi connectivity index (χ4n) is 0.940. The van der Waals surface area contributed by atoms with Gasteiger partial charge in [0.25, 0.3) is 0 Å². The Morgan fingerprint density at radius 1 is 1.32 bits per heavy atom. The maximum atomic E-state index is 12.5. The second-order valence-electron chi connectivity index (χ2n) is 3.74. The van der Waals surface area contributed by atoms with Crippen LogP contribution in [0.5, 0.6) is 0 Å². The Morgan fingerprint density at radius 3 is 2.21 bits per heavy atom. The van der Waals surface area contributed by atoms with Gasteiger partial charge in [0.2, 0.25) is 5.54 Å². The first-order valence-electron chi connectivity index (χ1n) is 5.25. The molecular weight excluding hydrogens is 289 g/mol. The number of urea groups is 1. The number of amides is 2. The number of aliphatic carboxylic acids is 1. The summed E-state index contributed by atoms with van der Waals surface area (Å²) < 4.78 is 48.7. The molecule has 2 amide bonds. The molecule has 0 aromatic heterocycles. The third kappa shape index (κ3) is 5.05. The van der Waals surface area contributed by atoms with Crippen molar-refractivity contribution >= 4 is 22.8 Å². The predicted molar refractivity (Wildman–Crippen MR) is 62.2 cm³/mol. The number of alkyl halides is 3. The van der Waals surface area contributed by atoms with Crippen molar-refractivity contribution in [2.24, 2.45) is 0 Å². The van der Waals surface area contributed by atoms with Crippen LogP contribution in [0.25, 0.3) is 0 Å². The Morgan fingerprint density at radius 2 is 1.84 bits per heavy atom. The zero-order chi connectivity index (χ0) is 15.3. The molecule has 2 unspecified atom stereocenters. The number of halogens is 3. The van der Waals surface area contributed by atoms with Gasteiger partial charge in [-0.15, -0.1) is 0 Å². The molecule has 0 aromatic carbocycles. The summed E-state index contributed by atoms with van der Waals surface area (Å²) in [7, 11) is -1.17. The Labute approximate surface area is 110 Å². The molecule has 6 nitrogen and oxygen atoms in total. The molecule has 0 saturated carbocycles. The number of hydrogen-bond acceptors (Lipinski definition) is 3. The molecule has 0 spiro atoms. The van der Waals surface area contributed by atoms with Crippen molar-refractivity contribution < 1.29 is 32.1 Å². The molecule has 3 N–H and O–H groups in total. The van der Waals surface area contributed by atoms with E-state index < -0.39 is 34.5 Å². The van der Waals surface area contributed by atoms with Crippen LogP contribution in [0.3, 0.4) is 0 Å². The van der Waals surface area contributed by atoms with Gasteiger partial charge in [-0.1, -0.05) is 6.92 Å². The highest BCUT2D eigenvalue weighted by atomic mass is 32.2. The summed E-state index contributed by atoms with van der Waals surface area (Å²) in [5, 5.41) is 11.9. The van der Waals surface area contributed by atoms with E-state index in [0.29, 0.717) is 12.7 Å². The van der Waals surface area contributed by atoms with E-state index in [1.54, 1.807) is 6.92 Å². The SMILES string of the molecule is CCS(=O)CCNC(=O)NC(C)(C(=O)O)C(F)(F)F. The Kier molecular flexibility index (Phi) is 6.27. The third-order valence-corrected chi connectivity index (χ3v) is 3.60. The molecule has 0 heterocycles. The maximum absolute atomic E-state index is 12.5. The first-order valence-corrected chi connectivity index (χ1v) is 6.74. The largest absolute Gasteiger partial charge is 0.479 e. The van der Waals surface area contributed by atoms with Crippen molar-refractivity contribution in [1.29, 1.82) is 0 Å². The molecule has 0 fully saturated rings. The number of carbonyl (C=O) groups is 2. The van der Waals surface area contributed by atoms with Crippen molar-refractivity contribution in [1.82, 2.24) is 10.6 Å². The molecule has 0 rings (SSSR count). The molecular formula is C9H15F3N2O4S. The number of carboxylic acid groups (broad SMARTS) is 1. The standard InChI is InChI=1S/C9H15F3N2O4S/c1-3-19(18)5-4-13-7(17)14-8(2,6(15)16)9(10,11)12/h3-5H2,1-2H3,(H,15,16)(H2,13,14,17). The number of carboxylic acids is 1. The number of hydrogen-bond donors (Lipinski definition) is 3. The van der Waals surface area contributed by atoms with Crippen molar-refractivity contribution in [3.63, 3.8) is 0 Å². The zero-order valence-electron chi connectivity index (χ0n) is 10.3. The van der Waals surface area contributed by atoms with E-state index in [2.05, 4.69) is 0 Å². The second-order valence-corrected chi connectivity index (χ2v) is 5.61. The van der Waals surface area contributed by atoms with Gasteiger partial charge in [0.1, 0.15) is 0 Å². The zero-order valence-corrected chi connectivity index (χ0v) is 11.2. The van der Waals surface area contributed by atoms with Gasteiger partial charge >= 0.3 is 18.2 Å². The summed E-state index contributed by atoms with van der Waals surface area (Å²) in [4.78, 5) is 21.8. The lowest BCUT2D eigenvalue weighted by Crippen LogP contribution is -2.63. The lowest BCUT2D eigenvalue weighted by atomic mass is 10.0. The van der Waals surface area contributed by atoms with E-state index >= 15 is 0 Å².